The molecule has 0 bridgehead atoms. The first-order valence-electron chi connectivity index (χ1n) is 5.70. The van der Waals surface area contributed by atoms with E-state index in [0.717, 1.165) is 25.7 Å². The third kappa shape index (κ3) is 3.64. The summed E-state index contributed by atoms with van der Waals surface area (Å²) in [5.74, 6) is -0.155. The van der Waals surface area contributed by atoms with Gasteiger partial charge in [0.05, 0.1) is 6.04 Å². The fourth-order valence-corrected chi connectivity index (χ4v) is 1.57. The van der Waals surface area contributed by atoms with Crippen LogP contribution in [0.4, 0.5) is 0 Å². The van der Waals surface area contributed by atoms with Crippen LogP contribution in [0.15, 0.2) is 4.99 Å². The first kappa shape index (κ1) is 12.7. The molecule has 1 rings (SSSR count). The van der Waals surface area contributed by atoms with Crippen molar-refractivity contribution in [2.75, 3.05) is 7.05 Å². The van der Waals surface area contributed by atoms with Gasteiger partial charge in [0.15, 0.2) is 0 Å². The van der Waals surface area contributed by atoms with Crippen LogP contribution < -0.4 is 10.6 Å². The third-order valence-electron chi connectivity index (χ3n) is 2.56. The molecule has 0 heterocycles. The van der Waals surface area contributed by atoms with Crippen molar-refractivity contribution in [1.29, 1.82) is 0 Å². The average molecular weight is 225 g/mol. The Balaban J connectivity index is 2.60. The lowest BCUT2D eigenvalue weighted by atomic mass is 10.1. The number of hydrogen-bond acceptors (Lipinski definition) is 3. The molecule has 1 unspecified atom stereocenters. The van der Waals surface area contributed by atoms with Crippen molar-refractivity contribution in [3.8, 4) is 0 Å². The number of rotatable bonds is 7. The first-order chi connectivity index (χ1) is 7.72. The van der Waals surface area contributed by atoms with E-state index in [1.54, 1.807) is 7.05 Å². The molecule has 90 valence electrons. The molecule has 0 aromatic rings. The molecule has 5 heteroatoms. The zero-order valence-electron chi connectivity index (χ0n) is 9.82. The average Bonchev–Trinajstić information content (AvgIpc) is 3.03. The lowest BCUT2D eigenvalue weighted by Gasteiger charge is -2.17. The van der Waals surface area contributed by atoms with Gasteiger partial charge in [-0.1, -0.05) is 13.3 Å². The van der Waals surface area contributed by atoms with Gasteiger partial charge in [-0.2, -0.15) is 0 Å². The van der Waals surface area contributed by atoms with E-state index in [4.69, 9.17) is 0 Å². The summed E-state index contributed by atoms with van der Waals surface area (Å²) in [7, 11) is 1.58. The van der Waals surface area contributed by atoms with Gasteiger partial charge in [0, 0.05) is 13.1 Å². The SMILES string of the molecule is CCCC(NC=O)/C(=N\C)C(=O)NC1CC1. The summed E-state index contributed by atoms with van der Waals surface area (Å²) in [4.78, 5) is 26.3. The zero-order chi connectivity index (χ0) is 12.0. The van der Waals surface area contributed by atoms with Crippen LogP contribution in [0, 0.1) is 0 Å². The lowest BCUT2D eigenvalue weighted by Crippen LogP contribution is -2.45. The molecule has 16 heavy (non-hydrogen) atoms. The van der Waals surface area contributed by atoms with Crippen LogP contribution in [0.3, 0.4) is 0 Å². The summed E-state index contributed by atoms with van der Waals surface area (Å²) < 4.78 is 0. The molecule has 0 saturated heterocycles. The van der Waals surface area contributed by atoms with E-state index < -0.39 is 0 Å². The van der Waals surface area contributed by atoms with Crippen LogP contribution in [0.2, 0.25) is 0 Å². The van der Waals surface area contributed by atoms with Gasteiger partial charge in [0.1, 0.15) is 5.71 Å². The molecular formula is C11H19N3O2. The third-order valence-corrected chi connectivity index (χ3v) is 2.56. The van der Waals surface area contributed by atoms with Gasteiger partial charge in [-0.05, 0) is 19.3 Å². The van der Waals surface area contributed by atoms with Crippen LogP contribution in [0.5, 0.6) is 0 Å². The van der Waals surface area contributed by atoms with Gasteiger partial charge in [-0.15, -0.1) is 0 Å². The van der Waals surface area contributed by atoms with E-state index in [2.05, 4.69) is 15.6 Å². The molecule has 1 aliphatic rings. The topological polar surface area (TPSA) is 70.6 Å². The Morgan fingerprint density at radius 3 is 2.69 bits per heavy atom. The Kier molecular flexibility index (Phi) is 4.95. The van der Waals surface area contributed by atoms with Crippen LogP contribution in [0.25, 0.3) is 0 Å². The summed E-state index contributed by atoms with van der Waals surface area (Å²) in [5, 5.41) is 5.51. The second-order valence-electron chi connectivity index (χ2n) is 3.98. The molecule has 2 amide bonds. The van der Waals surface area contributed by atoms with Gasteiger partial charge >= 0.3 is 0 Å². The van der Waals surface area contributed by atoms with Crippen molar-refractivity contribution in [2.45, 2.75) is 44.7 Å². The number of hydrogen-bond donors (Lipinski definition) is 2. The van der Waals surface area contributed by atoms with Crippen molar-refractivity contribution in [3.05, 3.63) is 0 Å². The Hall–Kier alpha value is -1.39. The van der Waals surface area contributed by atoms with Crippen molar-refractivity contribution < 1.29 is 9.59 Å². The van der Waals surface area contributed by atoms with Gasteiger partial charge in [0.2, 0.25) is 6.41 Å². The van der Waals surface area contributed by atoms with Gasteiger partial charge in [0.25, 0.3) is 5.91 Å². The molecule has 1 saturated carbocycles. The maximum atomic E-state index is 11.8. The predicted octanol–water partition coefficient (Wildman–Crippen LogP) is 0.251. The maximum Gasteiger partial charge on any atom is 0.267 e. The molecule has 0 aliphatic heterocycles. The Labute approximate surface area is 95.7 Å². The lowest BCUT2D eigenvalue weighted by molar-refractivity contribution is -0.115. The molecule has 1 atom stereocenters. The number of amides is 2. The van der Waals surface area contributed by atoms with Gasteiger partial charge < -0.3 is 10.6 Å². The second kappa shape index (κ2) is 6.25. The van der Waals surface area contributed by atoms with Crippen molar-refractivity contribution in [2.24, 2.45) is 4.99 Å². The summed E-state index contributed by atoms with van der Waals surface area (Å²) in [6.45, 7) is 2.01. The fraction of sp³-hybridized carbons (Fsp3) is 0.727. The van der Waals surface area contributed by atoms with Crippen LogP contribution in [-0.2, 0) is 9.59 Å². The molecule has 0 radical (unpaired) electrons. The summed E-state index contributed by atoms with van der Waals surface area (Å²) in [6, 6.07) is 0.0361. The zero-order valence-corrected chi connectivity index (χ0v) is 9.82. The summed E-state index contributed by atoms with van der Waals surface area (Å²) in [5.41, 5.74) is 0.417. The minimum absolute atomic E-state index is 0.155. The first-order valence-corrected chi connectivity index (χ1v) is 5.70. The van der Waals surface area contributed by atoms with Gasteiger partial charge in [-0.3, -0.25) is 14.6 Å². The second-order valence-corrected chi connectivity index (χ2v) is 3.98. The molecule has 0 aromatic heterocycles. The van der Waals surface area contributed by atoms with Crippen molar-refractivity contribution in [3.63, 3.8) is 0 Å². The largest absolute Gasteiger partial charge is 0.350 e. The fourth-order valence-electron chi connectivity index (χ4n) is 1.57. The Morgan fingerprint density at radius 1 is 1.56 bits per heavy atom. The number of carbonyl (C=O) groups excluding carboxylic acids is 2. The molecule has 1 aliphatic carbocycles. The quantitative estimate of drug-likeness (QED) is 0.481. The van der Waals surface area contributed by atoms with Gasteiger partial charge in [-0.25, -0.2) is 0 Å². The number of nitrogens with zero attached hydrogens (tertiary/aromatic N) is 1. The van der Waals surface area contributed by atoms with Crippen LogP contribution in [0.1, 0.15) is 32.6 Å². The monoisotopic (exact) mass is 225 g/mol. The van der Waals surface area contributed by atoms with E-state index in [1.807, 2.05) is 6.92 Å². The minimum Gasteiger partial charge on any atom is -0.350 e. The highest BCUT2D eigenvalue weighted by molar-refractivity contribution is 6.41. The van der Waals surface area contributed by atoms with Crippen LogP contribution >= 0.6 is 0 Å². The summed E-state index contributed by atoms with van der Waals surface area (Å²) in [6.07, 6.45) is 4.32. The van der Waals surface area contributed by atoms with E-state index in [-0.39, 0.29) is 11.9 Å². The van der Waals surface area contributed by atoms with E-state index in [9.17, 15) is 9.59 Å². The number of nitrogens with one attached hydrogen (secondary N) is 2. The molecule has 1 fully saturated rings. The van der Waals surface area contributed by atoms with E-state index >= 15 is 0 Å². The Morgan fingerprint density at radius 2 is 2.25 bits per heavy atom. The Bertz CT molecular complexity index is 285. The molecule has 0 aromatic carbocycles. The molecular weight excluding hydrogens is 206 g/mol. The highest BCUT2D eigenvalue weighted by atomic mass is 16.2. The van der Waals surface area contributed by atoms with Crippen LogP contribution in [-0.4, -0.2) is 37.2 Å². The van der Waals surface area contributed by atoms with Crippen molar-refractivity contribution >= 4 is 18.0 Å². The highest BCUT2D eigenvalue weighted by Crippen LogP contribution is 2.18. The van der Waals surface area contributed by atoms with E-state index in [1.165, 1.54) is 0 Å². The number of aliphatic imine (C=N–C) groups is 1. The highest BCUT2D eigenvalue weighted by Gasteiger charge is 2.28. The number of carbonyl (C=O) groups is 2. The maximum absolute atomic E-state index is 11.8. The minimum atomic E-state index is -0.272. The predicted molar refractivity (Wildman–Crippen MR) is 62.4 cm³/mol. The summed E-state index contributed by atoms with van der Waals surface area (Å²) >= 11 is 0. The van der Waals surface area contributed by atoms with Crippen molar-refractivity contribution in [1.82, 2.24) is 10.6 Å². The molecule has 5 nitrogen and oxygen atoms in total. The molecule has 0 spiro atoms. The van der Waals surface area contributed by atoms with E-state index in [0.29, 0.717) is 18.2 Å². The molecule has 2 N–H and O–H groups in total. The normalized spacial score (nSPS) is 17.8. The standard InChI is InChI=1S/C11H19N3O2/c1-3-4-9(13-7-15)10(12-2)11(16)14-8-5-6-8/h7-9H,3-6H2,1-2H3,(H,13,15)(H,14,16)/b12-10+. The smallest absolute Gasteiger partial charge is 0.267 e.